The average Bonchev–Trinajstić information content (AvgIpc) is 3.19. The number of nitrogens with one attached hydrogen (secondary N) is 1. The Morgan fingerprint density at radius 3 is 2.07 bits per heavy atom. The quantitative estimate of drug-likeness (QED) is 0.555. The minimum Gasteiger partial charge on any atom is -0.336 e. The molecule has 1 aromatic heterocycles. The van der Waals surface area contributed by atoms with Crippen molar-refractivity contribution in [2.45, 2.75) is 58.0 Å². The Kier molecular flexibility index (Phi) is 8.06. The summed E-state index contributed by atoms with van der Waals surface area (Å²) in [5.41, 5.74) is -1.56. The molecular formula is C17H24F6N4. The fraction of sp³-hybridized carbons (Fsp3) is 0.647. The monoisotopic (exact) mass is 398 g/mol. The molecule has 0 aromatic carbocycles. The number of hydrogen-bond acceptors (Lipinski definition) is 4. The molecule has 0 bridgehead atoms. The maximum Gasteiger partial charge on any atom is 0.419 e. The summed E-state index contributed by atoms with van der Waals surface area (Å²) in [6.07, 6.45) is -4.86. The van der Waals surface area contributed by atoms with Gasteiger partial charge >= 0.3 is 12.4 Å². The third-order valence-corrected chi connectivity index (χ3v) is 4.10. The molecule has 4 nitrogen and oxygen atoms in total. The van der Waals surface area contributed by atoms with E-state index in [1.807, 2.05) is 18.7 Å². The van der Waals surface area contributed by atoms with Crippen LogP contribution in [0.5, 0.6) is 0 Å². The Morgan fingerprint density at radius 1 is 1.11 bits per heavy atom. The molecule has 2 unspecified atom stereocenters. The number of nitrogens with zero attached hydrogens (tertiary/aromatic N) is 3. The summed E-state index contributed by atoms with van der Waals surface area (Å²) in [6.45, 7) is 9.38. The third-order valence-electron chi connectivity index (χ3n) is 4.10. The van der Waals surface area contributed by atoms with Crippen molar-refractivity contribution in [3.05, 3.63) is 30.1 Å². The average molecular weight is 398 g/mol. The van der Waals surface area contributed by atoms with Crippen LogP contribution >= 0.6 is 0 Å². The topological polar surface area (TPSA) is 41.1 Å². The molecule has 3 rings (SSSR count). The number of hydrogen-bond donors (Lipinski definition) is 1. The van der Waals surface area contributed by atoms with Gasteiger partial charge in [-0.2, -0.15) is 26.3 Å². The fourth-order valence-electron chi connectivity index (χ4n) is 2.73. The number of aromatic nitrogens is 2. The van der Waals surface area contributed by atoms with Crippen LogP contribution in [0, 0.1) is 0 Å². The van der Waals surface area contributed by atoms with Crippen molar-refractivity contribution in [1.82, 2.24) is 15.3 Å². The van der Waals surface area contributed by atoms with Crippen LogP contribution in [0.2, 0.25) is 0 Å². The van der Waals surface area contributed by atoms with E-state index in [-0.39, 0.29) is 0 Å². The second kappa shape index (κ2) is 9.38. The zero-order chi connectivity index (χ0) is 20.8. The van der Waals surface area contributed by atoms with Crippen LogP contribution in [0.3, 0.4) is 0 Å². The number of rotatable bonds is 1. The first-order valence-electron chi connectivity index (χ1n) is 8.62. The summed E-state index contributed by atoms with van der Waals surface area (Å²) in [4.78, 5) is 9.71. The van der Waals surface area contributed by atoms with Gasteiger partial charge in [0, 0.05) is 36.6 Å². The first-order chi connectivity index (χ1) is 12.5. The van der Waals surface area contributed by atoms with Crippen molar-refractivity contribution in [2.75, 3.05) is 18.0 Å². The van der Waals surface area contributed by atoms with Crippen LogP contribution in [-0.2, 0) is 6.18 Å². The fourth-order valence-corrected chi connectivity index (χ4v) is 2.73. The molecule has 0 aliphatic carbocycles. The number of alkyl halides is 6. The lowest BCUT2D eigenvalue weighted by Gasteiger charge is -2.23. The van der Waals surface area contributed by atoms with E-state index in [1.165, 1.54) is 0 Å². The Morgan fingerprint density at radius 2 is 1.63 bits per heavy atom. The summed E-state index contributed by atoms with van der Waals surface area (Å²) < 4.78 is 70.5. The van der Waals surface area contributed by atoms with Crippen LogP contribution in [0.1, 0.15) is 39.2 Å². The molecule has 0 spiro atoms. The van der Waals surface area contributed by atoms with Crippen LogP contribution in [0.15, 0.2) is 24.5 Å². The van der Waals surface area contributed by atoms with Gasteiger partial charge in [-0.1, -0.05) is 20.4 Å². The van der Waals surface area contributed by atoms with Crippen molar-refractivity contribution in [1.29, 1.82) is 0 Å². The van der Waals surface area contributed by atoms with Gasteiger partial charge in [-0.05, 0) is 26.3 Å². The van der Waals surface area contributed by atoms with Crippen LogP contribution < -0.4 is 10.2 Å². The number of fused-ring (bicyclic) bond motifs is 1. The number of allylic oxidation sites excluding steroid dienone is 1. The highest BCUT2D eigenvalue weighted by atomic mass is 19.4. The molecule has 1 aromatic rings. The normalized spacial score (nSPS) is 21.6. The molecule has 2 atom stereocenters. The lowest BCUT2D eigenvalue weighted by Crippen LogP contribution is -2.35. The maximum atomic E-state index is 12.4. The number of anilines is 1. The molecule has 2 saturated heterocycles. The van der Waals surface area contributed by atoms with Crippen molar-refractivity contribution in [3.8, 4) is 0 Å². The minimum absolute atomic E-state index is 0.321. The van der Waals surface area contributed by atoms with E-state index in [9.17, 15) is 26.3 Å². The van der Waals surface area contributed by atoms with E-state index in [1.54, 1.807) is 0 Å². The molecular weight excluding hydrogens is 374 g/mol. The Hall–Kier alpha value is -1.84. The predicted octanol–water partition coefficient (Wildman–Crippen LogP) is 4.59. The van der Waals surface area contributed by atoms with Gasteiger partial charge in [-0.3, -0.25) is 0 Å². The minimum atomic E-state index is -4.37. The molecule has 2 aliphatic heterocycles. The van der Waals surface area contributed by atoms with Gasteiger partial charge in [0.25, 0.3) is 0 Å². The zero-order valence-electron chi connectivity index (χ0n) is 15.5. The molecule has 10 heteroatoms. The highest BCUT2D eigenvalue weighted by Gasteiger charge is 2.39. The summed E-state index contributed by atoms with van der Waals surface area (Å²) in [5.74, 6) is 0.402. The van der Waals surface area contributed by atoms with Gasteiger partial charge in [0.15, 0.2) is 0 Å². The first-order valence-corrected chi connectivity index (χ1v) is 8.62. The summed E-state index contributed by atoms with van der Waals surface area (Å²) in [7, 11) is 0. The van der Waals surface area contributed by atoms with Crippen LogP contribution in [0.25, 0.3) is 0 Å². The van der Waals surface area contributed by atoms with Gasteiger partial charge in [-0.15, -0.1) is 0 Å². The van der Waals surface area contributed by atoms with Crippen LogP contribution in [0.4, 0.5) is 32.3 Å². The molecule has 2 fully saturated rings. The molecule has 0 saturated carbocycles. The predicted molar refractivity (Wildman–Crippen MR) is 91.4 cm³/mol. The SMILES string of the molecule is C=C(C)C(F)(F)F.CC.FC(F)(F)c1cnc(N2CCC3NCCC32)nc1. The highest BCUT2D eigenvalue weighted by molar-refractivity contribution is 5.36. The number of halogens is 6. The lowest BCUT2D eigenvalue weighted by molar-refractivity contribution is -0.138. The van der Waals surface area contributed by atoms with Crippen LogP contribution in [-0.4, -0.2) is 41.3 Å². The summed E-state index contributed by atoms with van der Waals surface area (Å²) >= 11 is 0. The summed E-state index contributed by atoms with van der Waals surface area (Å²) in [5, 5.41) is 3.38. The van der Waals surface area contributed by atoms with Crippen molar-refractivity contribution in [2.24, 2.45) is 0 Å². The molecule has 0 radical (unpaired) electrons. The molecule has 3 heterocycles. The second-order valence-corrected chi connectivity index (χ2v) is 5.95. The van der Waals surface area contributed by atoms with Crippen molar-refractivity contribution < 1.29 is 26.3 Å². The largest absolute Gasteiger partial charge is 0.419 e. The zero-order valence-corrected chi connectivity index (χ0v) is 15.5. The second-order valence-electron chi connectivity index (χ2n) is 5.95. The smallest absolute Gasteiger partial charge is 0.336 e. The van der Waals surface area contributed by atoms with Gasteiger partial charge in [0.2, 0.25) is 5.95 Å². The Balaban J connectivity index is 0.000000346. The Bertz CT molecular complexity index is 597. The molecule has 1 N–H and O–H groups in total. The van der Waals surface area contributed by atoms with Crippen molar-refractivity contribution in [3.63, 3.8) is 0 Å². The van der Waals surface area contributed by atoms with E-state index in [4.69, 9.17) is 0 Å². The van der Waals surface area contributed by atoms with E-state index in [2.05, 4.69) is 21.9 Å². The summed E-state index contributed by atoms with van der Waals surface area (Å²) in [6, 6.07) is 0.748. The Labute approximate surface area is 154 Å². The first kappa shape index (κ1) is 23.2. The molecule has 2 aliphatic rings. The maximum absolute atomic E-state index is 12.4. The van der Waals surface area contributed by atoms with E-state index >= 15 is 0 Å². The molecule has 0 amide bonds. The molecule has 27 heavy (non-hydrogen) atoms. The van der Waals surface area contributed by atoms with E-state index in [0.717, 1.165) is 45.2 Å². The van der Waals surface area contributed by atoms with Crippen molar-refractivity contribution >= 4 is 5.95 Å². The third kappa shape index (κ3) is 6.37. The standard InChI is InChI=1S/C11H13F3N4.C4H5F3.C2H6/c12-11(13,14)7-5-16-10(17-6-7)18-4-2-8-9(18)1-3-15-8;1-3(2)4(5,6)7;1-2/h5-6,8-9,15H,1-4H2;1H2,2H3;1-2H3. The van der Waals surface area contributed by atoms with Gasteiger partial charge in [0.1, 0.15) is 0 Å². The van der Waals surface area contributed by atoms with Gasteiger partial charge < -0.3 is 10.2 Å². The lowest BCUT2D eigenvalue weighted by atomic mass is 10.1. The van der Waals surface area contributed by atoms with Gasteiger partial charge in [-0.25, -0.2) is 9.97 Å². The molecule has 154 valence electrons. The van der Waals surface area contributed by atoms with E-state index < -0.39 is 23.5 Å². The van der Waals surface area contributed by atoms with Gasteiger partial charge in [0.05, 0.1) is 5.56 Å². The highest BCUT2D eigenvalue weighted by Crippen LogP contribution is 2.31. The van der Waals surface area contributed by atoms with E-state index in [0.29, 0.717) is 18.0 Å².